The molecule has 6 heteroatoms. The lowest BCUT2D eigenvalue weighted by molar-refractivity contribution is -0.122. The Balaban J connectivity index is 1.27. The van der Waals surface area contributed by atoms with E-state index < -0.39 is 5.60 Å². The molecule has 0 radical (unpaired) electrons. The van der Waals surface area contributed by atoms with Gasteiger partial charge in [0.1, 0.15) is 11.6 Å². The Hall–Kier alpha value is -2.08. The predicted molar refractivity (Wildman–Crippen MR) is 103 cm³/mol. The summed E-state index contributed by atoms with van der Waals surface area (Å²) in [5, 5.41) is 10.8. The van der Waals surface area contributed by atoms with Crippen LogP contribution in [0.3, 0.4) is 0 Å². The van der Waals surface area contributed by atoms with Crippen molar-refractivity contribution in [3.63, 3.8) is 0 Å². The van der Waals surface area contributed by atoms with Crippen LogP contribution in [-0.2, 0) is 4.79 Å². The molecule has 0 bridgehead atoms. The van der Waals surface area contributed by atoms with Crippen LogP contribution in [0, 0.1) is 5.92 Å². The molecule has 1 N–H and O–H groups in total. The molecule has 1 aromatic rings. The Kier molecular flexibility index (Phi) is 3.93. The Morgan fingerprint density at radius 1 is 1.11 bits per heavy atom. The fraction of sp³-hybridized carbons (Fsp3) is 0.619. The number of aliphatic imine (C=N–C) groups is 1. The molecule has 2 aliphatic heterocycles. The third kappa shape index (κ3) is 3.10. The number of ketones is 1. The van der Waals surface area contributed by atoms with E-state index in [0.717, 1.165) is 54.3 Å². The molecular weight excluding hydrogens is 340 g/mol. The fourth-order valence-electron chi connectivity index (χ4n) is 4.88. The van der Waals surface area contributed by atoms with E-state index in [9.17, 15) is 9.90 Å². The average Bonchev–Trinajstić information content (AvgIpc) is 3.41. The maximum Gasteiger partial charge on any atom is 0.140 e. The van der Waals surface area contributed by atoms with E-state index in [4.69, 9.17) is 4.99 Å². The molecule has 1 saturated heterocycles. The normalized spacial score (nSPS) is 29.2. The number of rotatable bonds is 3. The first kappa shape index (κ1) is 17.0. The number of aromatic nitrogens is 2. The van der Waals surface area contributed by atoms with Crippen LogP contribution in [0.1, 0.15) is 57.2 Å². The molecule has 2 fully saturated rings. The standard InChI is InChI=1S/C21H26N4O2/c1-21(27)9-17(26)8-15-10-22-19(18(15)21)13-4-6-25(7-5-13)16-11-23-20(24-12-16)14-2-3-14/h11-14,27H,2-10H2,1H3. The third-order valence-electron chi connectivity index (χ3n) is 6.39. The van der Waals surface area contributed by atoms with Gasteiger partial charge < -0.3 is 10.0 Å². The highest BCUT2D eigenvalue weighted by Gasteiger charge is 2.43. The summed E-state index contributed by atoms with van der Waals surface area (Å²) >= 11 is 0. The highest BCUT2D eigenvalue weighted by atomic mass is 16.3. The largest absolute Gasteiger partial charge is 0.385 e. The lowest BCUT2D eigenvalue weighted by Crippen LogP contribution is -2.42. The quantitative estimate of drug-likeness (QED) is 0.889. The lowest BCUT2D eigenvalue weighted by Gasteiger charge is -2.37. The van der Waals surface area contributed by atoms with Crippen LogP contribution in [0.2, 0.25) is 0 Å². The van der Waals surface area contributed by atoms with Gasteiger partial charge in [-0.25, -0.2) is 9.97 Å². The highest BCUT2D eigenvalue weighted by molar-refractivity contribution is 6.08. The molecule has 142 valence electrons. The zero-order valence-corrected chi connectivity index (χ0v) is 15.8. The number of carbonyl (C=O) groups excluding carboxylic acids is 1. The number of Topliss-reactive ketones (excluding diaryl/α,β-unsaturated/α-hetero) is 1. The number of hydrogen-bond acceptors (Lipinski definition) is 6. The number of nitrogens with zero attached hydrogens (tertiary/aromatic N) is 4. The van der Waals surface area contributed by atoms with Crippen molar-refractivity contribution in [3.8, 4) is 0 Å². The number of carbonyl (C=O) groups is 1. The molecule has 0 aromatic carbocycles. The summed E-state index contributed by atoms with van der Waals surface area (Å²) in [7, 11) is 0. The molecule has 2 aliphatic carbocycles. The second-order valence-electron chi connectivity index (χ2n) is 8.68. The molecule has 0 spiro atoms. The van der Waals surface area contributed by atoms with E-state index in [1.54, 1.807) is 6.92 Å². The topological polar surface area (TPSA) is 78.7 Å². The van der Waals surface area contributed by atoms with Gasteiger partial charge >= 0.3 is 0 Å². The molecule has 0 amide bonds. The maximum absolute atomic E-state index is 11.9. The van der Waals surface area contributed by atoms with Crippen molar-refractivity contribution in [2.45, 2.75) is 57.0 Å². The first-order chi connectivity index (χ1) is 13.0. The lowest BCUT2D eigenvalue weighted by atomic mass is 9.74. The van der Waals surface area contributed by atoms with Gasteiger partial charge in [0.05, 0.1) is 30.2 Å². The van der Waals surface area contributed by atoms with E-state index in [1.807, 2.05) is 12.4 Å². The second kappa shape index (κ2) is 6.23. The van der Waals surface area contributed by atoms with Crippen LogP contribution in [0.15, 0.2) is 28.5 Å². The number of hydrogen-bond donors (Lipinski definition) is 1. The monoisotopic (exact) mass is 366 g/mol. The van der Waals surface area contributed by atoms with Crippen molar-refractivity contribution in [1.29, 1.82) is 0 Å². The summed E-state index contributed by atoms with van der Waals surface area (Å²) in [5.74, 6) is 2.06. The van der Waals surface area contributed by atoms with Crippen molar-refractivity contribution >= 4 is 17.2 Å². The molecule has 4 aliphatic rings. The number of anilines is 1. The van der Waals surface area contributed by atoms with Gasteiger partial charge in [-0.1, -0.05) is 0 Å². The zero-order valence-electron chi connectivity index (χ0n) is 15.8. The summed E-state index contributed by atoms with van der Waals surface area (Å²) in [6.45, 7) is 4.25. The van der Waals surface area contributed by atoms with Crippen molar-refractivity contribution in [1.82, 2.24) is 9.97 Å². The highest BCUT2D eigenvalue weighted by Crippen LogP contribution is 2.40. The van der Waals surface area contributed by atoms with Crippen molar-refractivity contribution in [2.75, 3.05) is 24.5 Å². The zero-order chi connectivity index (χ0) is 18.6. The Morgan fingerprint density at radius 2 is 1.81 bits per heavy atom. The van der Waals surface area contributed by atoms with E-state index >= 15 is 0 Å². The second-order valence-corrected chi connectivity index (χ2v) is 8.68. The van der Waals surface area contributed by atoms with Gasteiger partial charge in [-0.15, -0.1) is 0 Å². The molecular formula is C21H26N4O2. The molecule has 1 unspecified atom stereocenters. The number of piperidine rings is 1. The molecule has 3 heterocycles. The minimum atomic E-state index is -1.05. The first-order valence-corrected chi connectivity index (χ1v) is 10.1. The predicted octanol–water partition coefficient (Wildman–Crippen LogP) is 2.44. The van der Waals surface area contributed by atoms with E-state index in [1.165, 1.54) is 12.8 Å². The average molecular weight is 366 g/mol. The van der Waals surface area contributed by atoms with Crippen molar-refractivity contribution in [3.05, 3.63) is 29.4 Å². The Labute approximate surface area is 159 Å². The van der Waals surface area contributed by atoms with E-state index in [2.05, 4.69) is 14.9 Å². The van der Waals surface area contributed by atoms with E-state index in [-0.39, 0.29) is 12.2 Å². The van der Waals surface area contributed by atoms with E-state index in [0.29, 0.717) is 24.8 Å². The SMILES string of the molecule is CC1(O)CC(=O)CC2=C1C(C1CCN(c3cnc(C4CC4)nc3)CC1)=NC2. The molecule has 1 atom stereocenters. The van der Waals surface area contributed by atoms with Crippen molar-refractivity contribution < 1.29 is 9.90 Å². The van der Waals surface area contributed by atoms with Gasteiger partial charge in [-0.2, -0.15) is 0 Å². The molecule has 5 rings (SSSR count). The fourth-order valence-corrected chi connectivity index (χ4v) is 4.88. The van der Waals surface area contributed by atoms with Crippen LogP contribution in [-0.4, -0.2) is 51.8 Å². The van der Waals surface area contributed by atoms with Crippen LogP contribution in [0.4, 0.5) is 5.69 Å². The van der Waals surface area contributed by atoms with Gasteiger partial charge in [0.15, 0.2) is 0 Å². The summed E-state index contributed by atoms with van der Waals surface area (Å²) < 4.78 is 0. The summed E-state index contributed by atoms with van der Waals surface area (Å²) in [5.41, 5.74) is 3.11. The van der Waals surface area contributed by atoms with Crippen LogP contribution >= 0.6 is 0 Å². The van der Waals surface area contributed by atoms with Gasteiger partial charge in [0, 0.05) is 49.1 Å². The van der Waals surface area contributed by atoms with Crippen molar-refractivity contribution in [2.24, 2.45) is 10.9 Å². The van der Waals surface area contributed by atoms with Crippen LogP contribution in [0.25, 0.3) is 0 Å². The number of aliphatic hydroxyl groups is 1. The molecule has 1 saturated carbocycles. The first-order valence-electron chi connectivity index (χ1n) is 10.1. The Bertz CT molecular complexity index is 828. The molecule has 6 nitrogen and oxygen atoms in total. The van der Waals surface area contributed by atoms with Gasteiger partial charge in [0.25, 0.3) is 0 Å². The molecule has 27 heavy (non-hydrogen) atoms. The smallest absolute Gasteiger partial charge is 0.140 e. The summed E-state index contributed by atoms with van der Waals surface area (Å²) in [6.07, 6.45) is 9.06. The van der Waals surface area contributed by atoms with Gasteiger partial charge in [-0.05, 0) is 38.2 Å². The minimum absolute atomic E-state index is 0.125. The van der Waals surface area contributed by atoms with Crippen LogP contribution < -0.4 is 4.90 Å². The maximum atomic E-state index is 11.9. The minimum Gasteiger partial charge on any atom is -0.385 e. The third-order valence-corrected chi connectivity index (χ3v) is 6.39. The van der Waals surface area contributed by atoms with Gasteiger partial charge in [0.2, 0.25) is 0 Å². The van der Waals surface area contributed by atoms with Crippen LogP contribution in [0.5, 0.6) is 0 Å². The molecule has 1 aromatic heterocycles. The Morgan fingerprint density at radius 3 is 2.48 bits per heavy atom. The summed E-state index contributed by atoms with van der Waals surface area (Å²) in [6, 6.07) is 0. The van der Waals surface area contributed by atoms with Gasteiger partial charge in [-0.3, -0.25) is 9.79 Å². The summed E-state index contributed by atoms with van der Waals surface area (Å²) in [4.78, 5) is 28.1.